The van der Waals surface area contributed by atoms with E-state index < -0.39 is 53.8 Å². The van der Waals surface area contributed by atoms with E-state index in [1.807, 2.05) is 19.9 Å². The maximum Gasteiger partial charge on any atom is 0.417 e. The van der Waals surface area contributed by atoms with Crippen molar-refractivity contribution in [1.29, 1.82) is 0 Å². The van der Waals surface area contributed by atoms with Crippen molar-refractivity contribution >= 4 is 35.6 Å². The van der Waals surface area contributed by atoms with E-state index in [4.69, 9.17) is 10.5 Å². The number of benzene rings is 1. The van der Waals surface area contributed by atoms with Gasteiger partial charge < -0.3 is 26.0 Å². The maximum absolute atomic E-state index is 13.5. The number of hydrogen-bond donors (Lipinski definition) is 3. The summed E-state index contributed by atoms with van der Waals surface area (Å²) in [4.78, 5) is 77.8. The van der Waals surface area contributed by atoms with Crippen molar-refractivity contribution < 1.29 is 33.5 Å². The lowest BCUT2D eigenvalue weighted by molar-refractivity contribution is -0.144. The summed E-state index contributed by atoms with van der Waals surface area (Å²) in [6.07, 6.45) is 0.472. The molecule has 0 spiro atoms. The summed E-state index contributed by atoms with van der Waals surface area (Å²) < 4.78 is 5.29. The number of amides is 6. The summed E-state index contributed by atoms with van der Waals surface area (Å²) in [6.45, 7) is 3.64. The van der Waals surface area contributed by atoms with Crippen LogP contribution in [0.1, 0.15) is 51.5 Å². The number of nitrogens with zero attached hydrogens (tertiary/aromatic N) is 2. The van der Waals surface area contributed by atoms with Gasteiger partial charge in [-0.05, 0) is 37.2 Å². The van der Waals surface area contributed by atoms with E-state index in [1.165, 1.54) is 4.90 Å². The second-order valence-corrected chi connectivity index (χ2v) is 9.92. The monoisotopic (exact) mass is 529 g/mol. The highest BCUT2D eigenvalue weighted by Gasteiger charge is 2.46. The second kappa shape index (κ2) is 13.0. The summed E-state index contributed by atoms with van der Waals surface area (Å²) in [7, 11) is 0. The molecule has 38 heavy (non-hydrogen) atoms. The lowest BCUT2D eigenvalue weighted by Gasteiger charge is -2.30. The zero-order valence-corrected chi connectivity index (χ0v) is 21.7. The minimum atomic E-state index is -1.07. The van der Waals surface area contributed by atoms with E-state index in [-0.39, 0.29) is 38.5 Å². The summed E-state index contributed by atoms with van der Waals surface area (Å²) in [6, 6.07) is 6.11. The van der Waals surface area contributed by atoms with Gasteiger partial charge in [-0.2, -0.15) is 0 Å². The van der Waals surface area contributed by atoms with Gasteiger partial charge >= 0.3 is 6.09 Å². The van der Waals surface area contributed by atoms with Crippen LogP contribution in [0.5, 0.6) is 0 Å². The molecule has 3 rings (SSSR count). The predicted molar refractivity (Wildman–Crippen MR) is 135 cm³/mol. The van der Waals surface area contributed by atoms with Crippen LogP contribution in [0.3, 0.4) is 0 Å². The van der Waals surface area contributed by atoms with Crippen molar-refractivity contribution in [2.75, 3.05) is 13.1 Å². The van der Waals surface area contributed by atoms with Gasteiger partial charge in [-0.25, -0.2) is 9.69 Å². The average Bonchev–Trinajstić information content (AvgIpc) is 3.52. The lowest BCUT2D eigenvalue weighted by atomic mass is 10.0. The number of carbonyl (C=O) groups is 6. The normalized spacial score (nSPS) is 19.8. The molecule has 0 aromatic heterocycles. The van der Waals surface area contributed by atoms with Crippen LogP contribution in [0.15, 0.2) is 30.3 Å². The second-order valence-electron chi connectivity index (χ2n) is 9.92. The van der Waals surface area contributed by atoms with Crippen LogP contribution >= 0.6 is 0 Å². The molecule has 1 aromatic rings. The molecule has 1 aromatic carbocycles. The molecule has 0 radical (unpaired) electrons. The van der Waals surface area contributed by atoms with Crippen LogP contribution in [-0.2, 0) is 35.3 Å². The summed E-state index contributed by atoms with van der Waals surface area (Å²) >= 11 is 0. The molecule has 0 bridgehead atoms. The van der Waals surface area contributed by atoms with Crippen LogP contribution in [-0.4, -0.2) is 76.6 Å². The molecule has 2 fully saturated rings. The van der Waals surface area contributed by atoms with Crippen molar-refractivity contribution in [3.05, 3.63) is 35.9 Å². The van der Waals surface area contributed by atoms with E-state index in [1.54, 1.807) is 24.3 Å². The van der Waals surface area contributed by atoms with Crippen molar-refractivity contribution in [3.63, 3.8) is 0 Å². The maximum atomic E-state index is 13.5. The third-order valence-electron chi connectivity index (χ3n) is 6.51. The Morgan fingerprint density at radius 3 is 2.45 bits per heavy atom. The number of likely N-dealkylation sites (tertiary alicyclic amines) is 2. The van der Waals surface area contributed by atoms with Crippen molar-refractivity contribution in [3.8, 4) is 0 Å². The number of imide groups is 1. The number of hydrogen-bond acceptors (Lipinski definition) is 7. The van der Waals surface area contributed by atoms with Gasteiger partial charge in [-0.15, -0.1) is 0 Å². The van der Waals surface area contributed by atoms with E-state index in [0.29, 0.717) is 19.3 Å². The number of nitrogens with one attached hydrogen (secondary N) is 2. The fraction of sp³-hybridized carbons (Fsp3) is 0.538. The molecular formula is C26H35N5O7. The summed E-state index contributed by atoms with van der Waals surface area (Å²) in [5.41, 5.74) is 5.84. The van der Waals surface area contributed by atoms with Crippen LogP contribution in [0.2, 0.25) is 0 Å². The topological polar surface area (TPSA) is 168 Å². The third-order valence-corrected chi connectivity index (χ3v) is 6.51. The van der Waals surface area contributed by atoms with Crippen LogP contribution < -0.4 is 16.4 Å². The summed E-state index contributed by atoms with van der Waals surface area (Å²) in [5.74, 6) is -2.73. The molecule has 2 aliphatic heterocycles. The van der Waals surface area contributed by atoms with E-state index in [9.17, 15) is 28.8 Å². The van der Waals surface area contributed by atoms with Gasteiger partial charge in [0, 0.05) is 13.0 Å². The predicted octanol–water partition coefficient (Wildman–Crippen LogP) is 0.438. The minimum Gasteiger partial charge on any atom is -0.444 e. The molecule has 2 heterocycles. The summed E-state index contributed by atoms with van der Waals surface area (Å²) in [5, 5.41) is 5.11. The molecule has 0 unspecified atom stereocenters. The highest BCUT2D eigenvalue weighted by atomic mass is 16.6. The van der Waals surface area contributed by atoms with Gasteiger partial charge in [0.2, 0.25) is 29.5 Å². The molecule has 12 nitrogen and oxygen atoms in total. The van der Waals surface area contributed by atoms with Crippen molar-refractivity contribution in [2.24, 2.45) is 11.7 Å². The van der Waals surface area contributed by atoms with Gasteiger partial charge in [-0.3, -0.25) is 24.0 Å². The van der Waals surface area contributed by atoms with Crippen molar-refractivity contribution in [2.45, 2.75) is 70.7 Å². The Kier molecular flexibility index (Phi) is 9.80. The van der Waals surface area contributed by atoms with Crippen LogP contribution in [0, 0.1) is 5.92 Å². The first-order chi connectivity index (χ1) is 18.1. The van der Waals surface area contributed by atoms with Crippen molar-refractivity contribution in [1.82, 2.24) is 20.4 Å². The Balaban J connectivity index is 1.67. The quantitative estimate of drug-likeness (QED) is 0.395. The smallest absolute Gasteiger partial charge is 0.417 e. The van der Waals surface area contributed by atoms with Crippen LogP contribution in [0.25, 0.3) is 0 Å². The number of primary amides is 1. The standard InChI is InChI=1S/C26H35N5O7/c1-16(2)13-18(23(34)28-14-21(27)32)29-24(35)19-9-6-12-30(19)25(36)20-10-11-22(33)31(20)26(37)38-15-17-7-4-3-5-8-17/h3-5,7-8,16,18-20H,6,9-15H2,1-2H3,(H2,27,32)(H,28,34)(H,29,35)/t18-,19+,20+/m1/s1. The molecule has 4 N–H and O–H groups in total. The molecule has 206 valence electrons. The van der Waals surface area contributed by atoms with Gasteiger partial charge in [0.1, 0.15) is 24.7 Å². The van der Waals surface area contributed by atoms with Gasteiger partial charge in [0.15, 0.2) is 0 Å². The molecule has 3 atom stereocenters. The molecule has 12 heteroatoms. The molecule has 0 saturated carbocycles. The SMILES string of the molecule is CC(C)C[C@@H](NC(=O)[C@@H]1CCCN1C(=O)[C@@H]1CCC(=O)N1C(=O)OCc1ccccc1)C(=O)NCC(N)=O. The highest BCUT2D eigenvalue weighted by Crippen LogP contribution is 2.27. The average molecular weight is 530 g/mol. The van der Waals surface area contributed by atoms with E-state index in [0.717, 1.165) is 10.5 Å². The minimum absolute atomic E-state index is 0.0119. The first-order valence-electron chi connectivity index (χ1n) is 12.8. The molecule has 0 aliphatic carbocycles. The Labute approximate surface area is 221 Å². The van der Waals surface area contributed by atoms with Gasteiger partial charge in [0.25, 0.3) is 0 Å². The highest BCUT2D eigenvalue weighted by molar-refractivity contribution is 6.02. The zero-order valence-electron chi connectivity index (χ0n) is 21.7. The first-order valence-corrected chi connectivity index (χ1v) is 12.8. The Hall–Kier alpha value is -3.96. The fourth-order valence-electron chi connectivity index (χ4n) is 4.70. The third kappa shape index (κ3) is 7.30. The molecule has 2 saturated heterocycles. The Bertz CT molecular complexity index is 1060. The number of rotatable bonds is 10. The first kappa shape index (κ1) is 28.6. The molecule has 6 amide bonds. The molecule has 2 aliphatic rings. The Morgan fingerprint density at radius 2 is 1.79 bits per heavy atom. The number of nitrogens with two attached hydrogens (primary N) is 1. The van der Waals surface area contributed by atoms with Gasteiger partial charge in [-0.1, -0.05) is 44.2 Å². The largest absolute Gasteiger partial charge is 0.444 e. The molecular weight excluding hydrogens is 494 g/mol. The lowest BCUT2D eigenvalue weighted by Crippen LogP contribution is -2.56. The number of carbonyl (C=O) groups excluding carboxylic acids is 6. The number of ether oxygens (including phenoxy) is 1. The Morgan fingerprint density at radius 1 is 1.08 bits per heavy atom. The zero-order chi connectivity index (χ0) is 27.8. The van der Waals surface area contributed by atoms with Gasteiger partial charge in [0.05, 0.1) is 6.54 Å². The van der Waals surface area contributed by atoms with E-state index >= 15 is 0 Å². The van der Waals surface area contributed by atoms with Crippen LogP contribution in [0.4, 0.5) is 4.79 Å². The van der Waals surface area contributed by atoms with E-state index in [2.05, 4.69) is 10.6 Å². The fourth-order valence-corrected chi connectivity index (χ4v) is 4.70.